The zero-order chi connectivity index (χ0) is 34.9. The molecule has 0 aliphatic heterocycles. The second kappa shape index (κ2) is 11.7. The number of fused-ring (bicyclic) bond motifs is 9. The molecule has 4 nitrogen and oxygen atoms in total. The molecule has 0 atom stereocenters. The lowest BCUT2D eigenvalue weighted by atomic mass is 9.94. The van der Waals surface area contributed by atoms with Crippen molar-refractivity contribution in [2.24, 2.45) is 0 Å². The van der Waals surface area contributed by atoms with Crippen molar-refractivity contribution < 1.29 is 4.42 Å². The minimum absolute atomic E-state index is 0.597. The van der Waals surface area contributed by atoms with Crippen molar-refractivity contribution in [2.45, 2.75) is 0 Å². The van der Waals surface area contributed by atoms with E-state index in [0.29, 0.717) is 17.5 Å². The van der Waals surface area contributed by atoms with Crippen LogP contribution in [0, 0.1) is 0 Å². The van der Waals surface area contributed by atoms with E-state index in [9.17, 15) is 0 Å². The third kappa shape index (κ3) is 4.66. The number of hydrogen-bond acceptors (Lipinski definition) is 4. The van der Waals surface area contributed by atoms with Gasteiger partial charge in [0.05, 0.1) is 0 Å². The molecule has 0 saturated heterocycles. The van der Waals surface area contributed by atoms with Crippen molar-refractivity contribution in [3.05, 3.63) is 176 Å². The molecule has 4 heteroatoms. The zero-order valence-corrected chi connectivity index (χ0v) is 28.5. The van der Waals surface area contributed by atoms with E-state index in [1.54, 1.807) is 0 Å². The van der Waals surface area contributed by atoms with Crippen LogP contribution in [0.3, 0.4) is 0 Å². The summed E-state index contributed by atoms with van der Waals surface area (Å²) in [6.07, 6.45) is 0. The SMILES string of the molecule is c1ccc(-c2cccc3c2oc2cccc(-c4nc(-c5cccc6ccccc56)nc(-c5cccc6c5ccc5ccc7ccccc7c56)n4)c23)cc1. The molecule has 11 aromatic rings. The first-order valence-corrected chi connectivity index (χ1v) is 17.9. The standard InChI is InChI=1S/C49H29N3O/c1-2-12-31(13-3-1)36-19-9-23-41-45-42(24-11-25-43(45)53-46(36)41)49-51-47(39-21-8-16-30-14-4-6-17-34(30)39)50-48(52-49)40-22-10-20-38-37(40)29-28-33-27-26-32-15-5-7-18-35(32)44(33)38/h1-29H. The van der Waals surface area contributed by atoms with E-state index in [1.807, 2.05) is 18.2 Å². The summed E-state index contributed by atoms with van der Waals surface area (Å²) in [7, 11) is 0. The molecule has 246 valence electrons. The number of nitrogens with zero attached hydrogens (tertiary/aromatic N) is 3. The van der Waals surface area contributed by atoms with Gasteiger partial charge in [0.2, 0.25) is 0 Å². The summed E-state index contributed by atoms with van der Waals surface area (Å²) < 4.78 is 6.65. The molecule has 0 spiro atoms. The molecule has 53 heavy (non-hydrogen) atoms. The number of furan rings is 1. The van der Waals surface area contributed by atoms with E-state index in [4.69, 9.17) is 19.4 Å². The maximum absolute atomic E-state index is 6.65. The van der Waals surface area contributed by atoms with Gasteiger partial charge in [-0.05, 0) is 54.7 Å². The molecule has 0 fully saturated rings. The molecule has 0 unspecified atom stereocenters. The summed E-state index contributed by atoms with van der Waals surface area (Å²) in [5.74, 6) is 1.84. The lowest BCUT2D eigenvalue weighted by Crippen LogP contribution is -2.01. The molecule has 0 radical (unpaired) electrons. The summed E-state index contributed by atoms with van der Waals surface area (Å²) in [6.45, 7) is 0. The van der Waals surface area contributed by atoms with E-state index in [0.717, 1.165) is 65.9 Å². The Labute approximate surface area is 304 Å². The fourth-order valence-corrected chi connectivity index (χ4v) is 8.10. The summed E-state index contributed by atoms with van der Waals surface area (Å²) in [5, 5.41) is 11.4. The minimum atomic E-state index is 0.597. The molecule has 0 bridgehead atoms. The van der Waals surface area contributed by atoms with Crippen molar-refractivity contribution in [2.75, 3.05) is 0 Å². The third-order valence-electron chi connectivity index (χ3n) is 10.5. The Morgan fingerprint density at radius 1 is 0.302 bits per heavy atom. The average molecular weight is 676 g/mol. The van der Waals surface area contributed by atoms with Gasteiger partial charge in [-0.15, -0.1) is 0 Å². The maximum atomic E-state index is 6.65. The Hall–Kier alpha value is -7.17. The molecule has 9 aromatic carbocycles. The summed E-state index contributed by atoms with van der Waals surface area (Å²) in [5.41, 5.74) is 6.60. The number of rotatable bonds is 4. The fourth-order valence-electron chi connectivity index (χ4n) is 8.10. The quantitative estimate of drug-likeness (QED) is 0.174. The Balaban J connectivity index is 1.21. The molecule has 0 amide bonds. The van der Waals surface area contributed by atoms with Gasteiger partial charge in [-0.2, -0.15) is 0 Å². The Kier molecular flexibility index (Phi) is 6.52. The molecular formula is C49H29N3O. The predicted octanol–water partition coefficient (Wildman–Crippen LogP) is 13.1. The molecule has 2 heterocycles. The molecule has 0 saturated carbocycles. The van der Waals surface area contributed by atoms with Gasteiger partial charge in [0, 0.05) is 33.0 Å². The van der Waals surface area contributed by atoms with Crippen molar-refractivity contribution in [1.29, 1.82) is 0 Å². The van der Waals surface area contributed by atoms with E-state index in [1.165, 1.54) is 26.9 Å². The number of hydrogen-bond donors (Lipinski definition) is 0. The second-order valence-electron chi connectivity index (χ2n) is 13.5. The van der Waals surface area contributed by atoms with Crippen LogP contribution in [0.2, 0.25) is 0 Å². The van der Waals surface area contributed by atoms with Crippen LogP contribution in [0.1, 0.15) is 0 Å². The van der Waals surface area contributed by atoms with Crippen LogP contribution in [-0.4, -0.2) is 15.0 Å². The summed E-state index contributed by atoms with van der Waals surface area (Å²) >= 11 is 0. The van der Waals surface area contributed by atoms with E-state index < -0.39 is 0 Å². The first kappa shape index (κ1) is 29.5. The van der Waals surface area contributed by atoms with Crippen LogP contribution in [0.25, 0.3) is 110 Å². The van der Waals surface area contributed by atoms with Gasteiger partial charge in [0.25, 0.3) is 0 Å². The van der Waals surface area contributed by atoms with Gasteiger partial charge in [0.1, 0.15) is 11.2 Å². The second-order valence-corrected chi connectivity index (χ2v) is 13.5. The van der Waals surface area contributed by atoms with Crippen LogP contribution < -0.4 is 0 Å². The highest BCUT2D eigenvalue weighted by atomic mass is 16.3. The third-order valence-corrected chi connectivity index (χ3v) is 10.5. The molecule has 11 rings (SSSR count). The van der Waals surface area contributed by atoms with E-state index >= 15 is 0 Å². The van der Waals surface area contributed by atoms with Crippen LogP contribution in [0.5, 0.6) is 0 Å². The number of benzene rings is 9. The van der Waals surface area contributed by atoms with Crippen molar-refractivity contribution >= 4 is 65.0 Å². The maximum Gasteiger partial charge on any atom is 0.164 e. The zero-order valence-electron chi connectivity index (χ0n) is 28.5. The monoisotopic (exact) mass is 675 g/mol. The van der Waals surface area contributed by atoms with Gasteiger partial charge in [-0.3, -0.25) is 0 Å². The molecule has 0 N–H and O–H groups in total. The number of para-hydroxylation sites is 1. The van der Waals surface area contributed by atoms with Crippen molar-refractivity contribution in [1.82, 2.24) is 15.0 Å². The highest BCUT2D eigenvalue weighted by molar-refractivity contribution is 6.22. The number of aromatic nitrogens is 3. The van der Waals surface area contributed by atoms with Crippen molar-refractivity contribution in [3.8, 4) is 45.3 Å². The first-order chi connectivity index (χ1) is 26.3. The normalized spacial score (nSPS) is 11.8. The predicted molar refractivity (Wildman–Crippen MR) is 219 cm³/mol. The largest absolute Gasteiger partial charge is 0.455 e. The van der Waals surface area contributed by atoms with Crippen LogP contribution in [0.15, 0.2) is 180 Å². The summed E-state index contributed by atoms with van der Waals surface area (Å²) in [4.78, 5) is 15.9. The minimum Gasteiger partial charge on any atom is -0.455 e. The lowest BCUT2D eigenvalue weighted by Gasteiger charge is -2.13. The molecule has 0 aliphatic rings. The smallest absolute Gasteiger partial charge is 0.164 e. The van der Waals surface area contributed by atoms with E-state index in [2.05, 4.69) is 158 Å². The van der Waals surface area contributed by atoms with Crippen molar-refractivity contribution in [3.63, 3.8) is 0 Å². The highest BCUT2D eigenvalue weighted by Crippen LogP contribution is 2.42. The fraction of sp³-hybridized carbons (Fsp3) is 0. The average Bonchev–Trinajstić information content (AvgIpc) is 3.62. The lowest BCUT2D eigenvalue weighted by molar-refractivity contribution is 0.670. The van der Waals surface area contributed by atoms with Gasteiger partial charge >= 0.3 is 0 Å². The molecule has 0 aliphatic carbocycles. The highest BCUT2D eigenvalue weighted by Gasteiger charge is 2.21. The Bertz CT molecular complexity index is 3230. The Morgan fingerprint density at radius 3 is 1.64 bits per heavy atom. The van der Waals surface area contributed by atoms with Gasteiger partial charge < -0.3 is 4.42 Å². The molecular weight excluding hydrogens is 647 g/mol. The molecule has 2 aromatic heterocycles. The van der Waals surface area contributed by atoms with E-state index in [-0.39, 0.29) is 0 Å². The topological polar surface area (TPSA) is 51.8 Å². The first-order valence-electron chi connectivity index (χ1n) is 17.9. The van der Waals surface area contributed by atoms with Crippen LogP contribution >= 0.6 is 0 Å². The van der Waals surface area contributed by atoms with Crippen LogP contribution in [0.4, 0.5) is 0 Å². The van der Waals surface area contributed by atoms with Gasteiger partial charge in [-0.1, -0.05) is 170 Å². The van der Waals surface area contributed by atoms with Crippen LogP contribution in [-0.2, 0) is 0 Å². The summed E-state index contributed by atoms with van der Waals surface area (Å²) in [6, 6.07) is 61.5. The van der Waals surface area contributed by atoms with Gasteiger partial charge in [-0.25, -0.2) is 15.0 Å². The Morgan fingerprint density at radius 2 is 0.830 bits per heavy atom. The van der Waals surface area contributed by atoms with Gasteiger partial charge in [0.15, 0.2) is 17.5 Å².